The van der Waals surface area contributed by atoms with Gasteiger partial charge in [-0.2, -0.15) is 11.8 Å². The Bertz CT molecular complexity index is 362. The summed E-state index contributed by atoms with van der Waals surface area (Å²) < 4.78 is 0. The number of piperazine rings is 1. The van der Waals surface area contributed by atoms with Gasteiger partial charge in [-0.3, -0.25) is 9.88 Å². The van der Waals surface area contributed by atoms with Gasteiger partial charge in [0.1, 0.15) is 0 Å². The van der Waals surface area contributed by atoms with E-state index < -0.39 is 0 Å². The van der Waals surface area contributed by atoms with Crippen molar-refractivity contribution in [2.75, 3.05) is 49.6 Å². The zero-order valence-electron chi connectivity index (χ0n) is 11.4. The Kier molecular flexibility index (Phi) is 5.32. The number of hydrogen-bond acceptors (Lipinski definition) is 4. The largest absolute Gasteiger partial charge is 0.369 e. The molecule has 1 aromatic rings. The van der Waals surface area contributed by atoms with Crippen LogP contribution in [0.3, 0.4) is 0 Å². The maximum absolute atomic E-state index is 4.17. The number of aromatic nitrogens is 1. The number of anilines is 1. The van der Waals surface area contributed by atoms with E-state index in [-0.39, 0.29) is 0 Å². The lowest BCUT2D eigenvalue weighted by Gasteiger charge is -2.36. The van der Waals surface area contributed by atoms with E-state index in [0.717, 1.165) is 13.1 Å². The number of thioether (sulfide) groups is 1. The molecule has 1 aromatic heterocycles. The van der Waals surface area contributed by atoms with Crippen LogP contribution in [-0.2, 0) is 0 Å². The Balaban J connectivity index is 1.81. The number of pyridine rings is 1. The summed E-state index contributed by atoms with van der Waals surface area (Å²) in [7, 11) is 0. The van der Waals surface area contributed by atoms with E-state index in [4.69, 9.17) is 0 Å². The first-order valence-electron chi connectivity index (χ1n) is 6.68. The second kappa shape index (κ2) is 7.00. The van der Waals surface area contributed by atoms with Gasteiger partial charge in [-0.05, 0) is 43.5 Å². The normalized spacial score (nSPS) is 17.1. The highest BCUT2D eigenvalue weighted by atomic mass is 32.2. The molecule has 1 fully saturated rings. The molecule has 0 radical (unpaired) electrons. The molecule has 4 heteroatoms. The summed E-state index contributed by atoms with van der Waals surface area (Å²) in [5.41, 5.74) is 2.64. The summed E-state index contributed by atoms with van der Waals surface area (Å²) in [6.45, 7) is 8.07. The Labute approximate surface area is 115 Å². The van der Waals surface area contributed by atoms with Crippen LogP contribution in [0.2, 0.25) is 0 Å². The molecule has 0 bridgehead atoms. The van der Waals surface area contributed by atoms with Gasteiger partial charge in [0, 0.05) is 44.3 Å². The molecule has 0 spiro atoms. The minimum Gasteiger partial charge on any atom is -0.369 e. The van der Waals surface area contributed by atoms with Crippen LogP contribution in [0.15, 0.2) is 18.5 Å². The summed E-state index contributed by atoms with van der Waals surface area (Å²) in [4.78, 5) is 9.24. The number of nitrogens with zero attached hydrogens (tertiary/aromatic N) is 3. The second-order valence-corrected chi connectivity index (χ2v) is 5.82. The summed E-state index contributed by atoms with van der Waals surface area (Å²) in [5.74, 6) is 1.28. The van der Waals surface area contributed by atoms with Crippen LogP contribution in [0.25, 0.3) is 0 Å². The van der Waals surface area contributed by atoms with E-state index in [1.807, 2.05) is 24.2 Å². The molecule has 1 aliphatic heterocycles. The van der Waals surface area contributed by atoms with Gasteiger partial charge in [0.15, 0.2) is 0 Å². The number of hydrogen-bond donors (Lipinski definition) is 0. The summed E-state index contributed by atoms with van der Waals surface area (Å²) in [6.07, 6.45) is 7.35. The average Bonchev–Trinajstić information content (AvgIpc) is 2.41. The lowest BCUT2D eigenvalue weighted by atomic mass is 10.2. The standard InChI is InChI=1S/C14H23N3S/c1-13-12-15-5-4-14(13)17-9-7-16(8-10-17)6-3-11-18-2/h4-5,12H,3,6-11H2,1-2H3. The van der Waals surface area contributed by atoms with Gasteiger partial charge < -0.3 is 4.90 Å². The predicted molar refractivity (Wildman–Crippen MR) is 80.6 cm³/mol. The van der Waals surface area contributed by atoms with Crippen LogP contribution < -0.4 is 4.90 Å². The van der Waals surface area contributed by atoms with E-state index in [1.54, 1.807) is 0 Å². The third-order valence-electron chi connectivity index (χ3n) is 3.53. The molecule has 0 N–H and O–H groups in total. The lowest BCUT2D eigenvalue weighted by Crippen LogP contribution is -2.46. The Morgan fingerprint density at radius 3 is 2.72 bits per heavy atom. The van der Waals surface area contributed by atoms with Crippen molar-refractivity contribution >= 4 is 17.4 Å². The fourth-order valence-corrected chi connectivity index (χ4v) is 2.88. The van der Waals surface area contributed by atoms with Gasteiger partial charge >= 0.3 is 0 Å². The highest BCUT2D eigenvalue weighted by molar-refractivity contribution is 7.98. The Morgan fingerprint density at radius 2 is 2.06 bits per heavy atom. The lowest BCUT2D eigenvalue weighted by molar-refractivity contribution is 0.259. The van der Waals surface area contributed by atoms with E-state index in [9.17, 15) is 0 Å². The zero-order chi connectivity index (χ0) is 12.8. The number of aryl methyl sites for hydroxylation is 1. The second-order valence-electron chi connectivity index (χ2n) is 4.84. The molecule has 2 rings (SSSR count). The van der Waals surface area contributed by atoms with Crippen molar-refractivity contribution in [2.24, 2.45) is 0 Å². The van der Waals surface area contributed by atoms with E-state index in [2.05, 4.69) is 34.0 Å². The summed E-state index contributed by atoms with van der Waals surface area (Å²) in [6, 6.07) is 2.14. The summed E-state index contributed by atoms with van der Waals surface area (Å²) in [5, 5.41) is 0. The molecule has 3 nitrogen and oxygen atoms in total. The van der Waals surface area contributed by atoms with Crippen molar-refractivity contribution in [3.8, 4) is 0 Å². The van der Waals surface area contributed by atoms with Crippen LogP contribution in [0, 0.1) is 6.92 Å². The molecule has 0 aliphatic carbocycles. The molecule has 0 atom stereocenters. The predicted octanol–water partition coefficient (Wildman–Crippen LogP) is 2.27. The van der Waals surface area contributed by atoms with Crippen LogP contribution in [0.5, 0.6) is 0 Å². The molecule has 2 heterocycles. The van der Waals surface area contributed by atoms with Crippen molar-refractivity contribution in [3.05, 3.63) is 24.0 Å². The maximum atomic E-state index is 4.17. The SMILES string of the molecule is CSCCCN1CCN(c2ccncc2C)CC1. The minimum absolute atomic E-state index is 1.14. The molecule has 0 aromatic carbocycles. The molecule has 0 unspecified atom stereocenters. The number of rotatable bonds is 5. The van der Waals surface area contributed by atoms with Gasteiger partial charge in [-0.15, -0.1) is 0 Å². The molecular weight excluding hydrogens is 242 g/mol. The fraction of sp³-hybridized carbons (Fsp3) is 0.643. The third-order valence-corrected chi connectivity index (χ3v) is 4.22. The first-order valence-corrected chi connectivity index (χ1v) is 8.07. The molecule has 1 saturated heterocycles. The van der Waals surface area contributed by atoms with Gasteiger partial charge in [0.05, 0.1) is 0 Å². The van der Waals surface area contributed by atoms with Crippen molar-refractivity contribution < 1.29 is 0 Å². The minimum atomic E-state index is 1.14. The van der Waals surface area contributed by atoms with Crippen LogP contribution in [0.4, 0.5) is 5.69 Å². The highest BCUT2D eigenvalue weighted by Crippen LogP contribution is 2.19. The van der Waals surface area contributed by atoms with E-state index >= 15 is 0 Å². The van der Waals surface area contributed by atoms with Gasteiger partial charge in [-0.25, -0.2) is 0 Å². The zero-order valence-corrected chi connectivity index (χ0v) is 12.2. The van der Waals surface area contributed by atoms with Crippen LogP contribution in [-0.4, -0.2) is 54.6 Å². The Morgan fingerprint density at radius 1 is 1.28 bits per heavy atom. The maximum Gasteiger partial charge on any atom is 0.0427 e. The monoisotopic (exact) mass is 265 g/mol. The van der Waals surface area contributed by atoms with Crippen LogP contribution in [0.1, 0.15) is 12.0 Å². The van der Waals surface area contributed by atoms with E-state index in [0.29, 0.717) is 0 Å². The molecule has 0 amide bonds. The van der Waals surface area contributed by atoms with Crippen molar-refractivity contribution in [3.63, 3.8) is 0 Å². The van der Waals surface area contributed by atoms with Gasteiger partial charge in [-0.1, -0.05) is 0 Å². The van der Waals surface area contributed by atoms with Gasteiger partial charge in [0.2, 0.25) is 0 Å². The molecule has 100 valence electrons. The van der Waals surface area contributed by atoms with Crippen LogP contribution >= 0.6 is 11.8 Å². The third kappa shape index (κ3) is 3.62. The Hall–Kier alpha value is -0.740. The van der Waals surface area contributed by atoms with Crippen molar-refractivity contribution in [1.82, 2.24) is 9.88 Å². The van der Waals surface area contributed by atoms with Crippen molar-refractivity contribution in [2.45, 2.75) is 13.3 Å². The molecule has 1 aliphatic rings. The molecular formula is C14H23N3S. The topological polar surface area (TPSA) is 19.4 Å². The highest BCUT2D eigenvalue weighted by Gasteiger charge is 2.17. The molecule has 18 heavy (non-hydrogen) atoms. The van der Waals surface area contributed by atoms with Gasteiger partial charge in [0.25, 0.3) is 0 Å². The van der Waals surface area contributed by atoms with E-state index in [1.165, 1.54) is 43.1 Å². The average molecular weight is 265 g/mol. The fourth-order valence-electron chi connectivity index (χ4n) is 2.47. The smallest absolute Gasteiger partial charge is 0.0427 e. The first-order chi connectivity index (χ1) is 8.81. The molecule has 0 saturated carbocycles. The van der Waals surface area contributed by atoms with Crippen molar-refractivity contribution in [1.29, 1.82) is 0 Å². The quantitative estimate of drug-likeness (QED) is 0.760. The summed E-state index contributed by atoms with van der Waals surface area (Å²) >= 11 is 1.95. The first kappa shape index (κ1) is 13.7.